The van der Waals surface area contributed by atoms with Gasteiger partial charge in [0.25, 0.3) is 0 Å². The van der Waals surface area contributed by atoms with Gasteiger partial charge in [0.15, 0.2) is 0 Å². The molecule has 1 aromatic heterocycles. The largest absolute Gasteiger partial charge is 0.393 e. The van der Waals surface area contributed by atoms with Gasteiger partial charge in [-0.25, -0.2) is 0 Å². The van der Waals surface area contributed by atoms with E-state index in [1.807, 2.05) is 45.3 Å². The van der Waals surface area contributed by atoms with Gasteiger partial charge in [0, 0.05) is 18.6 Å². The highest BCUT2D eigenvalue weighted by atomic mass is 32.1. The van der Waals surface area contributed by atoms with Gasteiger partial charge in [-0.2, -0.15) is 0 Å². The van der Waals surface area contributed by atoms with E-state index in [4.69, 9.17) is 17.1 Å². The summed E-state index contributed by atoms with van der Waals surface area (Å²) in [6.07, 6.45) is 6.02. The molecule has 1 aliphatic rings. The quantitative estimate of drug-likeness (QED) is 0.653. The summed E-state index contributed by atoms with van der Waals surface area (Å²) >= 11 is 5.77. The molecule has 1 N–H and O–H groups in total. The Hall–Kier alpha value is -2.01. The topological polar surface area (TPSA) is 46.5 Å². The lowest BCUT2D eigenvalue weighted by atomic mass is 9.68. The third kappa shape index (κ3) is 3.38. The van der Waals surface area contributed by atoms with Crippen molar-refractivity contribution in [1.82, 2.24) is 10.3 Å². The molecule has 0 saturated heterocycles. The van der Waals surface area contributed by atoms with Gasteiger partial charge in [-0.05, 0) is 50.8 Å². The fourth-order valence-electron chi connectivity index (χ4n) is 3.54. The van der Waals surface area contributed by atoms with E-state index in [0.29, 0.717) is 0 Å². The SMILES string of the molecule is CNC(=S)C1(c2cnc3ccccc3c2)CCCCC1=NOC(C)C. The lowest BCUT2D eigenvalue weighted by Gasteiger charge is -2.39. The second-order valence-corrected chi connectivity index (χ2v) is 7.21. The number of fused-ring (bicyclic) bond motifs is 1. The molecule has 1 saturated carbocycles. The van der Waals surface area contributed by atoms with Crippen LogP contribution in [0.5, 0.6) is 0 Å². The van der Waals surface area contributed by atoms with Crippen molar-refractivity contribution in [1.29, 1.82) is 0 Å². The first-order chi connectivity index (χ1) is 12.1. The number of pyridine rings is 1. The minimum Gasteiger partial charge on any atom is -0.393 e. The van der Waals surface area contributed by atoms with E-state index in [2.05, 4.69) is 27.6 Å². The van der Waals surface area contributed by atoms with E-state index in [1.54, 1.807) is 0 Å². The van der Waals surface area contributed by atoms with Crippen LogP contribution in [-0.2, 0) is 10.3 Å². The van der Waals surface area contributed by atoms with Gasteiger partial charge in [-0.1, -0.05) is 42.0 Å². The number of nitrogens with one attached hydrogen (secondary N) is 1. The van der Waals surface area contributed by atoms with Gasteiger partial charge in [-0.3, -0.25) is 4.98 Å². The van der Waals surface area contributed by atoms with Crippen LogP contribution in [0, 0.1) is 0 Å². The van der Waals surface area contributed by atoms with Crippen molar-refractivity contribution >= 4 is 33.8 Å². The van der Waals surface area contributed by atoms with Crippen molar-refractivity contribution in [3.05, 3.63) is 42.1 Å². The Morgan fingerprint density at radius 1 is 1.32 bits per heavy atom. The number of hydrogen-bond acceptors (Lipinski definition) is 4. The van der Waals surface area contributed by atoms with E-state index >= 15 is 0 Å². The molecule has 1 unspecified atom stereocenters. The van der Waals surface area contributed by atoms with Crippen LogP contribution in [0.4, 0.5) is 0 Å². The highest BCUT2D eigenvalue weighted by molar-refractivity contribution is 7.80. The van der Waals surface area contributed by atoms with E-state index in [9.17, 15) is 0 Å². The highest BCUT2D eigenvalue weighted by Crippen LogP contribution is 2.39. The first-order valence-electron chi connectivity index (χ1n) is 8.88. The molecule has 5 heteroatoms. The Balaban J connectivity index is 2.16. The maximum atomic E-state index is 5.77. The summed E-state index contributed by atoms with van der Waals surface area (Å²) in [4.78, 5) is 11.1. The van der Waals surface area contributed by atoms with Crippen LogP contribution in [0.3, 0.4) is 0 Å². The number of rotatable bonds is 4. The Bertz CT molecular complexity index is 802. The lowest BCUT2D eigenvalue weighted by Crippen LogP contribution is -2.50. The summed E-state index contributed by atoms with van der Waals surface area (Å²) in [5, 5.41) is 8.85. The van der Waals surface area contributed by atoms with Gasteiger partial charge in [-0.15, -0.1) is 0 Å². The average molecular weight is 356 g/mol. The highest BCUT2D eigenvalue weighted by Gasteiger charge is 2.44. The fourth-order valence-corrected chi connectivity index (χ4v) is 3.88. The summed E-state index contributed by atoms with van der Waals surface area (Å²) in [6.45, 7) is 3.98. The minimum atomic E-state index is -0.436. The number of oxime groups is 1. The third-order valence-corrected chi connectivity index (χ3v) is 5.33. The summed E-state index contributed by atoms with van der Waals surface area (Å²) in [5.74, 6) is 0. The van der Waals surface area contributed by atoms with Crippen molar-refractivity contribution in [3.63, 3.8) is 0 Å². The van der Waals surface area contributed by atoms with E-state index in [0.717, 1.165) is 52.8 Å². The summed E-state index contributed by atoms with van der Waals surface area (Å²) in [5.41, 5.74) is 2.65. The van der Waals surface area contributed by atoms with Crippen LogP contribution in [0.2, 0.25) is 0 Å². The van der Waals surface area contributed by atoms with E-state index in [1.165, 1.54) is 0 Å². The standard InChI is InChI=1S/C20H25N3OS/c1-14(2)24-23-18-10-6-7-11-20(18,19(25)21-3)16-12-15-8-4-5-9-17(15)22-13-16/h4-5,8-9,12-14H,6-7,10-11H2,1-3H3,(H,21,25). The molecule has 0 radical (unpaired) electrons. The predicted molar refractivity (Wildman–Crippen MR) is 107 cm³/mol. The van der Waals surface area contributed by atoms with Gasteiger partial charge in [0.05, 0.1) is 21.6 Å². The molecule has 1 aliphatic carbocycles. The van der Waals surface area contributed by atoms with E-state index < -0.39 is 5.41 Å². The Morgan fingerprint density at radius 2 is 2.12 bits per heavy atom. The summed E-state index contributed by atoms with van der Waals surface area (Å²) in [7, 11) is 1.88. The Labute approximate surface area is 154 Å². The molecule has 1 atom stereocenters. The molecule has 1 aromatic carbocycles. The number of nitrogens with zero attached hydrogens (tertiary/aromatic N) is 2. The number of aromatic nitrogens is 1. The van der Waals surface area contributed by atoms with Gasteiger partial charge < -0.3 is 10.2 Å². The molecule has 1 heterocycles. The van der Waals surface area contributed by atoms with Crippen molar-refractivity contribution in [2.24, 2.45) is 5.16 Å². The first-order valence-corrected chi connectivity index (χ1v) is 9.29. The number of hydrogen-bond donors (Lipinski definition) is 1. The van der Waals surface area contributed by atoms with Crippen LogP contribution in [0.25, 0.3) is 10.9 Å². The number of likely N-dealkylation sites (N-methyl/N-ethyl adjacent to an activating group) is 1. The maximum absolute atomic E-state index is 5.77. The van der Waals surface area contributed by atoms with Gasteiger partial charge in [0.2, 0.25) is 0 Å². The van der Waals surface area contributed by atoms with Crippen molar-refractivity contribution in [2.75, 3.05) is 7.05 Å². The molecule has 3 rings (SSSR count). The molecule has 0 aliphatic heterocycles. The summed E-state index contributed by atoms with van der Waals surface area (Å²) < 4.78 is 0. The zero-order valence-corrected chi connectivity index (χ0v) is 15.9. The molecule has 25 heavy (non-hydrogen) atoms. The molecule has 132 valence electrons. The third-order valence-electron chi connectivity index (χ3n) is 4.78. The van der Waals surface area contributed by atoms with Crippen LogP contribution >= 0.6 is 12.2 Å². The Kier molecular flexibility index (Phi) is 5.33. The maximum Gasteiger partial charge on any atom is 0.122 e. The van der Waals surface area contributed by atoms with Gasteiger partial charge >= 0.3 is 0 Å². The molecule has 2 aromatic rings. The zero-order valence-electron chi connectivity index (χ0n) is 15.1. The molecule has 0 bridgehead atoms. The van der Waals surface area contributed by atoms with Crippen molar-refractivity contribution < 1.29 is 4.84 Å². The smallest absolute Gasteiger partial charge is 0.122 e. The van der Waals surface area contributed by atoms with Crippen LogP contribution in [-0.4, -0.2) is 28.8 Å². The molecular formula is C20H25N3OS. The van der Waals surface area contributed by atoms with Gasteiger partial charge in [0.1, 0.15) is 6.10 Å². The number of benzene rings is 1. The van der Waals surface area contributed by atoms with Crippen LogP contribution < -0.4 is 5.32 Å². The zero-order chi connectivity index (χ0) is 17.9. The van der Waals surface area contributed by atoms with Crippen molar-refractivity contribution in [2.45, 2.75) is 51.0 Å². The second-order valence-electron chi connectivity index (χ2n) is 6.80. The molecule has 4 nitrogen and oxygen atoms in total. The first kappa shape index (κ1) is 17.8. The molecule has 1 fully saturated rings. The van der Waals surface area contributed by atoms with Crippen molar-refractivity contribution in [3.8, 4) is 0 Å². The van der Waals surface area contributed by atoms with Crippen LogP contribution in [0.15, 0.2) is 41.7 Å². The molecule has 0 amide bonds. The number of para-hydroxylation sites is 1. The monoisotopic (exact) mass is 355 g/mol. The lowest BCUT2D eigenvalue weighted by molar-refractivity contribution is 0.0836. The Morgan fingerprint density at radius 3 is 2.88 bits per heavy atom. The normalized spacial score (nSPS) is 22.3. The molecule has 0 spiro atoms. The second kappa shape index (κ2) is 7.48. The average Bonchev–Trinajstić information content (AvgIpc) is 2.65. The van der Waals surface area contributed by atoms with E-state index in [-0.39, 0.29) is 6.10 Å². The minimum absolute atomic E-state index is 0.0463. The molecular weight excluding hydrogens is 330 g/mol. The number of thiocarbonyl (C=S) groups is 1. The predicted octanol–water partition coefficient (Wildman–Crippen LogP) is 4.37. The fraction of sp³-hybridized carbons (Fsp3) is 0.450. The summed E-state index contributed by atoms with van der Waals surface area (Å²) in [6, 6.07) is 10.4. The van der Waals surface area contributed by atoms with Crippen LogP contribution in [0.1, 0.15) is 45.1 Å².